The Kier molecular flexibility index (Phi) is 8.36. The lowest BCUT2D eigenvalue weighted by Gasteiger charge is -2.34. The number of halogens is 1. The van der Waals surface area contributed by atoms with Gasteiger partial charge in [0.2, 0.25) is 0 Å². The number of nitrogens with one attached hydrogen (secondary N) is 2. The molecule has 200 valence electrons. The maximum atomic E-state index is 14.3. The van der Waals surface area contributed by atoms with Crippen LogP contribution in [0.3, 0.4) is 0 Å². The number of anilines is 1. The lowest BCUT2D eigenvalue weighted by atomic mass is 9.93. The SMILES string of the molecule is C=C(Nc1cc(C(=O)NCCC2CCN(C3=CC=CCC=C3)CC2)nn1-c1ccccc1)c1ccccc1F. The van der Waals surface area contributed by atoms with Gasteiger partial charge < -0.3 is 15.5 Å². The van der Waals surface area contributed by atoms with Gasteiger partial charge in [-0.15, -0.1) is 0 Å². The quantitative estimate of drug-likeness (QED) is 0.344. The van der Waals surface area contributed by atoms with Crippen molar-refractivity contribution in [3.05, 3.63) is 120 Å². The summed E-state index contributed by atoms with van der Waals surface area (Å²) in [5.41, 5.74) is 3.10. The number of benzene rings is 2. The first-order valence-electron chi connectivity index (χ1n) is 13.5. The highest BCUT2D eigenvalue weighted by Crippen LogP contribution is 2.25. The van der Waals surface area contributed by atoms with E-state index in [2.05, 4.69) is 57.6 Å². The Bertz CT molecular complexity index is 1400. The van der Waals surface area contributed by atoms with Crippen molar-refractivity contribution in [2.24, 2.45) is 5.92 Å². The van der Waals surface area contributed by atoms with Crippen molar-refractivity contribution < 1.29 is 9.18 Å². The molecule has 6 nitrogen and oxygen atoms in total. The lowest BCUT2D eigenvalue weighted by molar-refractivity contribution is 0.0944. The smallest absolute Gasteiger partial charge is 0.271 e. The second kappa shape index (κ2) is 12.4. The highest BCUT2D eigenvalue weighted by atomic mass is 19.1. The summed E-state index contributed by atoms with van der Waals surface area (Å²) >= 11 is 0. The largest absolute Gasteiger partial charge is 0.372 e. The summed E-state index contributed by atoms with van der Waals surface area (Å²) in [6.07, 6.45) is 15.0. The number of carbonyl (C=O) groups excluding carboxylic acids is 1. The average molecular weight is 524 g/mol. The van der Waals surface area contributed by atoms with E-state index in [1.165, 1.54) is 11.8 Å². The summed E-state index contributed by atoms with van der Waals surface area (Å²) in [4.78, 5) is 15.5. The molecule has 7 heteroatoms. The van der Waals surface area contributed by atoms with Crippen molar-refractivity contribution in [1.29, 1.82) is 0 Å². The van der Waals surface area contributed by atoms with Crippen LogP contribution in [-0.2, 0) is 0 Å². The van der Waals surface area contributed by atoms with Gasteiger partial charge in [0.05, 0.1) is 5.69 Å². The molecule has 2 heterocycles. The van der Waals surface area contributed by atoms with Gasteiger partial charge in [0.1, 0.15) is 11.6 Å². The number of rotatable bonds is 9. The number of hydrogen-bond acceptors (Lipinski definition) is 4. The molecular weight excluding hydrogens is 489 g/mol. The van der Waals surface area contributed by atoms with E-state index < -0.39 is 0 Å². The molecule has 1 amide bonds. The van der Waals surface area contributed by atoms with Crippen molar-refractivity contribution in [3.63, 3.8) is 0 Å². The molecule has 1 saturated heterocycles. The number of amides is 1. The molecule has 1 fully saturated rings. The molecule has 2 aliphatic rings. The second-order valence-corrected chi connectivity index (χ2v) is 9.88. The minimum atomic E-state index is -0.371. The Morgan fingerprint density at radius 2 is 1.82 bits per heavy atom. The molecule has 3 aromatic rings. The lowest BCUT2D eigenvalue weighted by Crippen LogP contribution is -2.34. The number of para-hydroxylation sites is 1. The van der Waals surface area contributed by atoms with Crippen LogP contribution in [0.4, 0.5) is 10.2 Å². The topological polar surface area (TPSA) is 62.2 Å². The fourth-order valence-electron chi connectivity index (χ4n) is 5.01. The molecule has 1 aromatic heterocycles. The number of hydrogen-bond donors (Lipinski definition) is 2. The molecule has 1 aliphatic carbocycles. The minimum Gasteiger partial charge on any atom is -0.372 e. The fourth-order valence-corrected chi connectivity index (χ4v) is 5.01. The van der Waals surface area contributed by atoms with Gasteiger partial charge in [0, 0.05) is 42.7 Å². The van der Waals surface area contributed by atoms with Crippen LogP contribution in [0, 0.1) is 11.7 Å². The number of nitrogens with zero attached hydrogens (tertiary/aromatic N) is 3. The molecule has 0 spiro atoms. The van der Waals surface area contributed by atoms with Crippen molar-refractivity contribution in [3.8, 4) is 5.69 Å². The summed E-state index contributed by atoms with van der Waals surface area (Å²) in [5, 5.41) is 10.8. The van der Waals surface area contributed by atoms with Crippen LogP contribution in [0.5, 0.6) is 0 Å². The fraction of sp³-hybridized carbons (Fsp3) is 0.250. The summed E-state index contributed by atoms with van der Waals surface area (Å²) in [6.45, 7) is 6.66. The first kappa shape index (κ1) is 26.2. The normalized spacial score (nSPS) is 15.5. The number of carbonyl (C=O) groups is 1. The maximum absolute atomic E-state index is 14.3. The van der Waals surface area contributed by atoms with Gasteiger partial charge in [-0.05, 0) is 68.0 Å². The Hall–Kier alpha value is -4.39. The third-order valence-electron chi connectivity index (χ3n) is 7.20. The molecule has 1 aliphatic heterocycles. The van der Waals surface area contributed by atoms with Gasteiger partial charge in [-0.1, -0.05) is 55.1 Å². The Labute approximate surface area is 229 Å². The van der Waals surface area contributed by atoms with Gasteiger partial charge in [0.15, 0.2) is 5.69 Å². The predicted octanol–water partition coefficient (Wildman–Crippen LogP) is 6.33. The molecular formula is C32H34FN5O. The molecule has 39 heavy (non-hydrogen) atoms. The molecule has 0 radical (unpaired) electrons. The standard InChI is InChI=1S/C32H34FN5O/c1-24(28-15-9-10-16-29(28)33)35-31-23-30(36-38(31)27-13-7-4-8-14-27)32(39)34-20-17-25-18-21-37(22-19-25)26-11-5-2-3-6-12-26/h2,4-16,23,25,35H,1,3,17-22H2,(H,34,39). The summed E-state index contributed by atoms with van der Waals surface area (Å²) in [6, 6.07) is 17.6. The molecule has 0 unspecified atom stereocenters. The van der Waals surface area contributed by atoms with Crippen LogP contribution in [-0.4, -0.2) is 40.2 Å². The van der Waals surface area contributed by atoms with Crippen molar-refractivity contribution in [2.75, 3.05) is 25.0 Å². The van der Waals surface area contributed by atoms with Gasteiger partial charge in [-0.2, -0.15) is 5.10 Å². The molecule has 5 rings (SSSR count). The number of piperidine rings is 1. The minimum absolute atomic E-state index is 0.234. The summed E-state index contributed by atoms with van der Waals surface area (Å²) < 4.78 is 16.0. The summed E-state index contributed by atoms with van der Waals surface area (Å²) in [7, 11) is 0. The van der Waals surface area contributed by atoms with Crippen molar-refractivity contribution >= 4 is 17.4 Å². The van der Waals surface area contributed by atoms with E-state index in [4.69, 9.17) is 0 Å². The van der Waals surface area contributed by atoms with Crippen LogP contribution in [0.2, 0.25) is 0 Å². The van der Waals surface area contributed by atoms with Gasteiger partial charge in [-0.3, -0.25) is 4.79 Å². The van der Waals surface area contributed by atoms with E-state index in [1.807, 2.05) is 30.3 Å². The third kappa shape index (κ3) is 6.55. The van der Waals surface area contributed by atoms with E-state index >= 15 is 0 Å². The summed E-state index contributed by atoms with van der Waals surface area (Å²) in [5.74, 6) is 0.505. The van der Waals surface area contributed by atoms with Crippen LogP contribution in [0.25, 0.3) is 11.4 Å². The van der Waals surface area contributed by atoms with E-state index in [0.29, 0.717) is 29.5 Å². The molecule has 2 aromatic carbocycles. The van der Waals surface area contributed by atoms with Crippen LogP contribution in [0.15, 0.2) is 103 Å². The monoisotopic (exact) mass is 523 g/mol. The number of likely N-dealkylation sites (tertiary alicyclic amines) is 1. The van der Waals surface area contributed by atoms with Crippen LogP contribution < -0.4 is 10.6 Å². The second-order valence-electron chi connectivity index (χ2n) is 9.88. The first-order chi connectivity index (χ1) is 19.1. The van der Waals surface area contributed by atoms with E-state index in [1.54, 1.807) is 28.9 Å². The van der Waals surface area contributed by atoms with E-state index in [9.17, 15) is 9.18 Å². The number of allylic oxidation sites excluding steroid dienone is 5. The van der Waals surface area contributed by atoms with Crippen LogP contribution in [0.1, 0.15) is 41.7 Å². The zero-order valence-corrected chi connectivity index (χ0v) is 22.0. The first-order valence-corrected chi connectivity index (χ1v) is 13.5. The molecule has 0 saturated carbocycles. The van der Waals surface area contributed by atoms with Crippen LogP contribution >= 0.6 is 0 Å². The van der Waals surface area contributed by atoms with Crippen molar-refractivity contribution in [1.82, 2.24) is 20.0 Å². The molecule has 0 bridgehead atoms. The zero-order chi connectivity index (χ0) is 27.0. The van der Waals surface area contributed by atoms with Gasteiger partial charge >= 0.3 is 0 Å². The molecule has 0 atom stereocenters. The third-order valence-corrected chi connectivity index (χ3v) is 7.20. The maximum Gasteiger partial charge on any atom is 0.271 e. The average Bonchev–Trinajstić information content (AvgIpc) is 3.19. The number of aromatic nitrogens is 2. The highest BCUT2D eigenvalue weighted by Gasteiger charge is 2.21. The van der Waals surface area contributed by atoms with E-state index in [0.717, 1.165) is 44.5 Å². The van der Waals surface area contributed by atoms with Gasteiger partial charge in [0.25, 0.3) is 5.91 Å². The Morgan fingerprint density at radius 3 is 2.62 bits per heavy atom. The van der Waals surface area contributed by atoms with E-state index in [-0.39, 0.29) is 17.4 Å². The Morgan fingerprint density at radius 1 is 1.05 bits per heavy atom. The van der Waals surface area contributed by atoms with Crippen molar-refractivity contribution in [2.45, 2.75) is 25.7 Å². The van der Waals surface area contributed by atoms with Gasteiger partial charge in [-0.25, -0.2) is 9.07 Å². The predicted molar refractivity (Wildman–Crippen MR) is 155 cm³/mol. The zero-order valence-electron chi connectivity index (χ0n) is 22.0. The Balaban J connectivity index is 1.20. The highest BCUT2D eigenvalue weighted by molar-refractivity contribution is 5.93. The molecule has 2 N–H and O–H groups in total.